The number of nitrogens with zero attached hydrogens (tertiary/aromatic N) is 6. The van der Waals surface area contributed by atoms with Gasteiger partial charge < -0.3 is 9.64 Å². The molecular formula is C23H27FN6O. The summed E-state index contributed by atoms with van der Waals surface area (Å²) in [6.07, 6.45) is 2.29. The van der Waals surface area contributed by atoms with Gasteiger partial charge in [0.05, 0.1) is 24.4 Å². The Balaban J connectivity index is 1.39. The Morgan fingerprint density at radius 1 is 1.00 bits per heavy atom. The van der Waals surface area contributed by atoms with Gasteiger partial charge in [-0.1, -0.05) is 42.5 Å². The molecule has 0 bridgehead atoms. The normalized spacial score (nSPS) is 20.8. The third kappa shape index (κ3) is 4.31. The van der Waals surface area contributed by atoms with Crippen molar-refractivity contribution in [3.8, 4) is 0 Å². The second kappa shape index (κ2) is 9.11. The molecule has 2 aliphatic rings. The van der Waals surface area contributed by atoms with E-state index in [4.69, 9.17) is 4.74 Å². The zero-order chi connectivity index (χ0) is 21.0. The fourth-order valence-corrected chi connectivity index (χ4v) is 4.61. The maximum atomic E-state index is 14.3. The van der Waals surface area contributed by atoms with E-state index in [2.05, 4.69) is 37.5 Å². The maximum Gasteiger partial charge on any atom is 0.173 e. The Bertz CT molecular complexity index is 982. The van der Waals surface area contributed by atoms with Crippen molar-refractivity contribution in [1.29, 1.82) is 0 Å². The summed E-state index contributed by atoms with van der Waals surface area (Å²) in [5.41, 5.74) is 1.83. The highest BCUT2D eigenvalue weighted by Gasteiger charge is 2.32. The van der Waals surface area contributed by atoms with Gasteiger partial charge in [-0.05, 0) is 41.0 Å². The van der Waals surface area contributed by atoms with Crippen molar-refractivity contribution in [1.82, 2.24) is 25.1 Å². The highest BCUT2D eigenvalue weighted by atomic mass is 19.1. The first-order valence-corrected chi connectivity index (χ1v) is 11.0. The SMILES string of the molecule is Fc1ccccc1N1CCN([C@@H](c2ccccc2)c2nnnn2C[C@H]2CCCO2)CC1. The van der Waals surface area contributed by atoms with Crippen molar-refractivity contribution < 1.29 is 9.13 Å². The highest BCUT2D eigenvalue weighted by molar-refractivity contribution is 5.48. The smallest absolute Gasteiger partial charge is 0.173 e. The van der Waals surface area contributed by atoms with Crippen molar-refractivity contribution >= 4 is 5.69 Å². The van der Waals surface area contributed by atoms with Gasteiger partial charge in [-0.25, -0.2) is 9.07 Å². The number of benzene rings is 2. The van der Waals surface area contributed by atoms with Gasteiger partial charge in [0.25, 0.3) is 0 Å². The third-order valence-electron chi connectivity index (χ3n) is 6.19. The van der Waals surface area contributed by atoms with E-state index in [-0.39, 0.29) is 18.0 Å². The molecule has 3 heterocycles. The summed E-state index contributed by atoms with van der Waals surface area (Å²) >= 11 is 0. The lowest BCUT2D eigenvalue weighted by atomic mass is 10.0. The summed E-state index contributed by atoms with van der Waals surface area (Å²) in [5, 5.41) is 12.7. The zero-order valence-electron chi connectivity index (χ0n) is 17.5. The third-order valence-corrected chi connectivity index (χ3v) is 6.19. The fraction of sp³-hybridized carbons (Fsp3) is 0.435. The minimum absolute atomic E-state index is 0.0552. The zero-order valence-corrected chi connectivity index (χ0v) is 17.5. The van der Waals surface area contributed by atoms with Gasteiger partial charge in [0.1, 0.15) is 5.82 Å². The molecule has 0 saturated carbocycles. The van der Waals surface area contributed by atoms with Crippen molar-refractivity contribution in [3.63, 3.8) is 0 Å². The number of para-hydroxylation sites is 1. The molecule has 1 aromatic heterocycles. The van der Waals surface area contributed by atoms with Gasteiger partial charge in [-0.2, -0.15) is 0 Å². The Labute approximate surface area is 181 Å². The van der Waals surface area contributed by atoms with Gasteiger partial charge in [0.2, 0.25) is 0 Å². The van der Waals surface area contributed by atoms with Crippen LogP contribution in [0.15, 0.2) is 54.6 Å². The summed E-state index contributed by atoms with van der Waals surface area (Å²) in [6, 6.07) is 17.3. The van der Waals surface area contributed by atoms with Crippen LogP contribution in [-0.4, -0.2) is 64.0 Å². The summed E-state index contributed by atoms with van der Waals surface area (Å²) in [5.74, 6) is 0.664. The average molecular weight is 423 g/mol. The largest absolute Gasteiger partial charge is 0.376 e. The van der Waals surface area contributed by atoms with Gasteiger partial charge in [0, 0.05) is 32.8 Å². The molecular weight excluding hydrogens is 395 g/mol. The second-order valence-electron chi connectivity index (χ2n) is 8.14. The predicted octanol–water partition coefficient (Wildman–Crippen LogP) is 2.90. The fourth-order valence-electron chi connectivity index (χ4n) is 4.61. The predicted molar refractivity (Wildman–Crippen MR) is 115 cm³/mol. The Hall–Kier alpha value is -2.84. The maximum absolute atomic E-state index is 14.3. The molecule has 2 aromatic carbocycles. The number of anilines is 1. The van der Waals surface area contributed by atoms with Crippen LogP contribution in [0.3, 0.4) is 0 Å². The highest BCUT2D eigenvalue weighted by Crippen LogP contribution is 2.30. The number of tetrazole rings is 1. The minimum atomic E-state index is -0.170. The average Bonchev–Trinajstić information content (AvgIpc) is 3.49. The van der Waals surface area contributed by atoms with E-state index in [1.165, 1.54) is 6.07 Å². The van der Waals surface area contributed by atoms with Crippen LogP contribution in [-0.2, 0) is 11.3 Å². The molecule has 5 rings (SSSR count). The molecule has 2 fully saturated rings. The molecule has 2 atom stereocenters. The lowest BCUT2D eigenvalue weighted by Gasteiger charge is -2.40. The van der Waals surface area contributed by atoms with Crippen LogP contribution in [0.2, 0.25) is 0 Å². The van der Waals surface area contributed by atoms with E-state index in [0.29, 0.717) is 12.2 Å². The first-order valence-electron chi connectivity index (χ1n) is 11.0. The molecule has 0 amide bonds. The van der Waals surface area contributed by atoms with Crippen LogP contribution < -0.4 is 4.90 Å². The molecule has 3 aromatic rings. The van der Waals surface area contributed by atoms with Crippen LogP contribution >= 0.6 is 0 Å². The molecule has 2 saturated heterocycles. The molecule has 7 nitrogen and oxygen atoms in total. The Morgan fingerprint density at radius 2 is 1.77 bits per heavy atom. The van der Waals surface area contributed by atoms with Crippen molar-refractivity contribution in [2.24, 2.45) is 0 Å². The van der Waals surface area contributed by atoms with Crippen LogP contribution in [0.4, 0.5) is 10.1 Å². The number of hydrogen-bond acceptors (Lipinski definition) is 6. The molecule has 0 spiro atoms. The lowest BCUT2D eigenvalue weighted by molar-refractivity contribution is 0.0906. The van der Waals surface area contributed by atoms with Crippen LogP contribution in [0, 0.1) is 5.82 Å². The van der Waals surface area contributed by atoms with E-state index < -0.39 is 0 Å². The Morgan fingerprint density at radius 3 is 2.52 bits per heavy atom. The topological polar surface area (TPSA) is 59.3 Å². The summed E-state index contributed by atoms with van der Waals surface area (Å²) in [6.45, 7) is 4.56. The molecule has 8 heteroatoms. The van der Waals surface area contributed by atoms with Gasteiger partial charge >= 0.3 is 0 Å². The molecule has 0 aliphatic carbocycles. The quantitative estimate of drug-likeness (QED) is 0.609. The second-order valence-corrected chi connectivity index (χ2v) is 8.14. The summed E-state index contributed by atoms with van der Waals surface area (Å²) in [4.78, 5) is 4.51. The first kappa shape index (κ1) is 20.1. The van der Waals surface area contributed by atoms with E-state index in [0.717, 1.165) is 57.0 Å². The van der Waals surface area contributed by atoms with Crippen LogP contribution in [0.1, 0.15) is 30.3 Å². The molecule has 0 unspecified atom stereocenters. The van der Waals surface area contributed by atoms with Crippen molar-refractivity contribution in [2.75, 3.05) is 37.7 Å². The number of ether oxygens (including phenoxy) is 1. The molecule has 0 N–H and O–H groups in total. The molecule has 162 valence electrons. The summed E-state index contributed by atoms with van der Waals surface area (Å²) in [7, 11) is 0. The van der Waals surface area contributed by atoms with Crippen LogP contribution in [0.25, 0.3) is 0 Å². The number of rotatable bonds is 6. The van der Waals surface area contributed by atoms with E-state index in [9.17, 15) is 4.39 Å². The van der Waals surface area contributed by atoms with Gasteiger partial charge in [-0.15, -0.1) is 5.10 Å². The number of hydrogen-bond donors (Lipinski definition) is 0. The standard InChI is InChI=1S/C23H27FN6O/c24-20-10-4-5-11-21(20)28-12-14-29(15-13-28)22(18-7-2-1-3-8-18)23-25-26-27-30(23)17-19-9-6-16-31-19/h1-5,7-8,10-11,19,22H,6,9,12-17H2/t19-,22+/m1/s1. The monoisotopic (exact) mass is 422 g/mol. The first-order chi connectivity index (χ1) is 15.3. The van der Waals surface area contributed by atoms with E-state index >= 15 is 0 Å². The molecule has 2 aliphatic heterocycles. The number of piperazine rings is 1. The Kier molecular flexibility index (Phi) is 5.90. The van der Waals surface area contributed by atoms with Crippen molar-refractivity contribution in [2.45, 2.75) is 31.5 Å². The lowest BCUT2D eigenvalue weighted by Crippen LogP contribution is -2.48. The van der Waals surface area contributed by atoms with Gasteiger partial charge in [-0.3, -0.25) is 4.90 Å². The minimum Gasteiger partial charge on any atom is -0.376 e. The molecule has 31 heavy (non-hydrogen) atoms. The van der Waals surface area contributed by atoms with Crippen LogP contribution in [0.5, 0.6) is 0 Å². The van der Waals surface area contributed by atoms with E-state index in [1.54, 1.807) is 6.07 Å². The van der Waals surface area contributed by atoms with Crippen molar-refractivity contribution in [3.05, 3.63) is 71.8 Å². The van der Waals surface area contributed by atoms with Gasteiger partial charge in [0.15, 0.2) is 5.82 Å². The number of aromatic nitrogens is 4. The number of halogens is 1. The molecule has 0 radical (unpaired) electrons. The summed E-state index contributed by atoms with van der Waals surface area (Å²) < 4.78 is 22.0. The van der Waals surface area contributed by atoms with E-state index in [1.807, 2.05) is 35.0 Å².